The first-order valence-corrected chi connectivity index (χ1v) is 11.7. The van der Waals surface area contributed by atoms with Crippen LogP contribution in [0.3, 0.4) is 0 Å². The summed E-state index contributed by atoms with van der Waals surface area (Å²) in [6.45, 7) is 6.83. The molecule has 5 rings (SSSR count). The Bertz CT molecular complexity index is 1230. The third kappa shape index (κ3) is 3.96. The van der Waals surface area contributed by atoms with E-state index in [0.29, 0.717) is 18.9 Å². The van der Waals surface area contributed by atoms with Crippen molar-refractivity contribution in [1.29, 1.82) is 0 Å². The van der Waals surface area contributed by atoms with Crippen LogP contribution in [0.1, 0.15) is 13.8 Å². The monoisotopic (exact) mass is 443 g/mol. The molecule has 1 aliphatic heterocycles. The van der Waals surface area contributed by atoms with Crippen LogP contribution in [0, 0.1) is 5.92 Å². The molecule has 1 saturated heterocycles. The molecule has 7 heteroatoms. The van der Waals surface area contributed by atoms with Gasteiger partial charge in [-0.05, 0) is 23.8 Å². The molecule has 6 nitrogen and oxygen atoms in total. The van der Waals surface area contributed by atoms with Gasteiger partial charge in [0.1, 0.15) is 16.3 Å². The summed E-state index contributed by atoms with van der Waals surface area (Å²) in [4.78, 5) is 33.1. The van der Waals surface area contributed by atoms with Gasteiger partial charge in [-0.1, -0.05) is 50.2 Å². The predicted octanol–water partition coefficient (Wildman–Crippen LogP) is 4.72. The third-order valence-electron chi connectivity index (χ3n) is 5.71. The lowest BCUT2D eigenvalue weighted by atomic mass is 10.1. The summed E-state index contributed by atoms with van der Waals surface area (Å²) < 4.78 is 0. The average Bonchev–Trinajstić information content (AvgIpc) is 3.28. The van der Waals surface area contributed by atoms with Gasteiger partial charge in [0.2, 0.25) is 5.91 Å². The molecule has 1 aliphatic rings. The molecule has 0 bridgehead atoms. The van der Waals surface area contributed by atoms with Gasteiger partial charge in [-0.25, -0.2) is 9.97 Å². The van der Waals surface area contributed by atoms with Gasteiger partial charge in [-0.2, -0.15) is 0 Å². The lowest BCUT2D eigenvalue weighted by Gasteiger charge is -2.36. The highest BCUT2D eigenvalue weighted by Gasteiger charge is 2.26. The van der Waals surface area contributed by atoms with E-state index in [-0.39, 0.29) is 11.8 Å². The fourth-order valence-electron chi connectivity index (χ4n) is 4.01. The summed E-state index contributed by atoms with van der Waals surface area (Å²) in [6, 6.07) is 18.4. The number of amides is 1. The zero-order valence-electron chi connectivity index (χ0n) is 18.2. The van der Waals surface area contributed by atoms with E-state index in [2.05, 4.69) is 40.2 Å². The number of carbonyl (C=O) groups is 1. The predicted molar refractivity (Wildman–Crippen MR) is 130 cm³/mol. The zero-order valence-corrected chi connectivity index (χ0v) is 19.0. The fourth-order valence-corrected chi connectivity index (χ4v) is 5.04. The number of hydrogen-bond donors (Lipinski definition) is 0. The van der Waals surface area contributed by atoms with Crippen LogP contribution in [0.4, 0.5) is 5.82 Å². The maximum Gasteiger partial charge on any atom is 0.225 e. The Morgan fingerprint density at radius 1 is 0.969 bits per heavy atom. The molecule has 0 N–H and O–H groups in total. The number of hydrogen-bond acceptors (Lipinski definition) is 6. The number of benzene rings is 1. The molecule has 1 fully saturated rings. The molecule has 4 heterocycles. The van der Waals surface area contributed by atoms with Gasteiger partial charge in [0.25, 0.3) is 0 Å². The molecular weight excluding hydrogens is 418 g/mol. The van der Waals surface area contributed by atoms with Crippen molar-refractivity contribution in [3.63, 3.8) is 0 Å². The highest BCUT2D eigenvalue weighted by molar-refractivity contribution is 7.22. The van der Waals surface area contributed by atoms with E-state index in [1.165, 1.54) is 10.4 Å². The van der Waals surface area contributed by atoms with E-state index < -0.39 is 0 Å². The average molecular weight is 444 g/mol. The van der Waals surface area contributed by atoms with Crippen molar-refractivity contribution >= 4 is 33.3 Å². The summed E-state index contributed by atoms with van der Waals surface area (Å²) in [5, 5.41) is 1.05. The van der Waals surface area contributed by atoms with E-state index in [1.54, 1.807) is 17.5 Å². The molecule has 32 heavy (non-hydrogen) atoms. The van der Waals surface area contributed by atoms with Crippen LogP contribution in [0.2, 0.25) is 0 Å². The van der Waals surface area contributed by atoms with Gasteiger partial charge < -0.3 is 9.80 Å². The van der Waals surface area contributed by atoms with Crippen molar-refractivity contribution in [1.82, 2.24) is 19.9 Å². The summed E-state index contributed by atoms with van der Waals surface area (Å²) >= 11 is 1.68. The quantitative estimate of drug-likeness (QED) is 0.457. The van der Waals surface area contributed by atoms with E-state index in [0.717, 1.165) is 34.8 Å². The summed E-state index contributed by atoms with van der Waals surface area (Å²) in [6.07, 6.45) is 1.77. The van der Waals surface area contributed by atoms with Crippen LogP contribution in [0.25, 0.3) is 32.2 Å². The minimum absolute atomic E-state index is 0.0216. The lowest BCUT2D eigenvalue weighted by Crippen LogP contribution is -2.50. The van der Waals surface area contributed by atoms with Crippen LogP contribution < -0.4 is 4.90 Å². The summed E-state index contributed by atoms with van der Waals surface area (Å²) in [7, 11) is 0. The normalized spacial score (nSPS) is 14.3. The number of thiophene rings is 1. The van der Waals surface area contributed by atoms with Crippen molar-refractivity contribution < 1.29 is 4.79 Å². The van der Waals surface area contributed by atoms with Crippen molar-refractivity contribution in [2.75, 3.05) is 31.1 Å². The Morgan fingerprint density at radius 3 is 2.41 bits per heavy atom. The number of carbonyl (C=O) groups excluding carboxylic acids is 1. The number of aromatic nitrogens is 3. The van der Waals surface area contributed by atoms with Crippen LogP contribution >= 0.6 is 11.3 Å². The van der Waals surface area contributed by atoms with Crippen LogP contribution in [-0.4, -0.2) is 51.9 Å². The highest BCUT2D eigenvalue weighted by Crippen LogP contribution is 2.38. The topological polar surface area (TPSA) is 62.2 Å². The molecule has 3 aromatic heterocycles. The van der Waals surface area contributed by atoms with Crippen LogP contribution in [0.5, 0.6) is 0 Å². The number of fused-ring (bicyclic) bond motifs is 1. The molecule has 4 aromatic rings. The molecule has 1 aromatic carbocycles. The molecule has 0 saturated carbocycles. The van der Waals surface area contributed by atoms with Gasteiger partial charge in [0.15, 0.2) is 5.82 Å². The first-order chi connectivity index (χ1) is 15.6. The van der Waals surface area contributed by atoms with Crippen molar-refractivity contribution in [2.45, 2.75) is 13.8 Å². The standard InChI is InChI=1S/C25H25N5OS/c1-17(2)25(31)30-14-12-29(13-15-30)23-19-16-21(18-8-4-3-5-9-18)32-24(19)28-22(27-23)20-10-6-7-11-26-20/h3-11,16-17H,12-15H2,1-2H3. The number of rotatable bonds is 4. The third-order valence-corrected chi connectivity index (χ3v) is 6.79. The first kappa shape index (κ1) is 20.6. The van der Waals surface area contributed by atoms with Gasteiger partial charge in [-0.15, -0.1) is 11.3 Å². The minimum atomic E-state index is 0.0216. The number of nitrogens with zero attached hydrogens (tertiary/aromatic N) is 5. The van der Waals surface area contributed by atoms with E-state index in [4.69, 9.17) is 9.97 Å². The molecule has 162 valence electrons. The van der Waals surface area contributed by atoms with Crippen molar-refractivity contribution in [3.05, 3.63) is 60.8 Å². The summed E-state index contributed by atoms with van der Waals surface area (Å²) in [5.74, 6) is 1.79. The Morgan fingerprint density at radius 2 is 1.72 bits per heavy atom. The van der Waals surface area contributed by atoms with Crippen molar-refractivity contribution in [2.24, 2.45) is 5.92 Å². The molecule has 0 atom stereocenters. The van der Waals surface area contributed by atoms with Gasteiger partial charge >= 0.3 is 0 Å². The molecular formula is C25H25N5OS. The molecule has 0 unspecified atom stereocenters. The SMILES string of the molecule is CC(C)C(=O)N1CCN(c2nc(-c3ccccn3)nc3sc(-c4ccccc4)cc23)CC1. The Kier molecular flexibility index (Phi) is 5.57. The largest absolute Gasteiger partial charge is 0.352 e. The first-order valence-electron chi connectivity index (χ1n) is 10.9. The second-order valence-corrected chi connectivity index (χ2v) is 9.28. The second-order valence-electron chi connectivity index (χ2n) is 8.25. The molecule has 1 amide bonds. The number of anilines is 1. The Hall–Kier alpha value is -3.32. The Balaban J connectivity index is 1.56. The van der Waals surface area contributed by atoms with Gasteiger partial charge in [0, 0.05) is 43.2 Å². The van der Waals surface area contributed by atoms with E-state index >= 15 is 0 Å². The minimum Gasteiger partial charge on any atom is -0.352 e. The smallest absolute Gasteiger partial charge is 0.225 e. The van der Waals surface area contributed by atoms with Gasteiger partial charge in [-0.3, -0.25) is 9.78 Å². The zero-order chi connectivity index (χ0) is 22.1. The van der Waals surface area contributed by atoms with Crippen LogP contribution in [0.15, 0.2) is 60.8 Å². The molecule has 0 spiro atoms. The highest BCUT2D eigenvalue weighted by atomic mass is 32.1. The Labute approximate surface area is 191 Å². The number of pyridine rings is 1. The molecule has 0 aliphatic carbocycles. The fraction of sp³-hybridized carbons (Fsp3) is 0.280. The maximum atomic E-state index is 12.4. The summed E-state index contributed by atoms with van der Waals surface area (Å²) in [5.41, 5.74) is 1.94. The molecule has 0 radical (unpaired) electrons. The van der Waals surface area contributed by atoms with Crippen LogP contribution in [-0.2, 0) is 4.79 Å². The maximum absolute atomic E-state index is 12.4. The number of piperazine rings is 1. The van der Waals surface area contributed by atoms with E-state index in [1.807, 2.05) is 43.0 Å². The van der Waals surface area contributed by atoms with Gasteiger partial charge in [0.05, 0.1) is 5.39 Å². The lowest BCUT2D eigenvalue weighted by molar-refractivity contribution is -0.134. The van der Waals surface area contributed by atoms with Crippen molar-refractivity contribution in [3.8, 4) is 22.0 Å². The second kappa shape index (κ2) is 8.67. The van der Waals surface area contributed by atoms with E-state index in [9.17, 15) is 4.79 Å².